The highest BCUT2D eigenvalue weighted by molar-refractivity contribution is 5.99. The van der Waals surface area contributed by atoms with Gasteiger partial charge in [-0.25, -0.2) is 4.79 Å². The molecule has 2 rings (SSSR count). The van der Waals surface area contributed by atoms with E-state index < -0.39 is 5.97 Å². The third kappa shape index (κ3) is 5.29. The van der Waals surface area contributed by atoms with E-state index in [2.05, 4.69) is 10.6 Å². The largest absolute Gasteiger partial charge is 0.494 e. The van der Waals surface area contributed by atoms with Crippen LogP contribution in [0.3, 0.4) is 0 Å². The number of carbonyl (C=O) groups excluding carboxylic acids is 2. The number of hydrogen-bond acceptors (Lipinski definition) is 7. The lowest BCUT2D eigenvalue weighted by Crippen LogP contribution is -2.22. The standard InChI is InChI=1S/C20H24N2O6/c1-5-28-14-8-6-13(7-9-14)22-19(23)12-21-16-11-18(26-3)17(25-2)10-15(16)20(24)27-4/h6-11,21H,5,12H2,1-4H3,(H,22,23). The molecule has 2 aromatic rings. The molecule has 8 nitrogen and oxygen atoms in total. The van der Waals surface area contributed by atoms with E-state index in [1.165, 1.54) is 27.4 Å². The molecule has 0 aliphatic heterocycles. The van der Waals surface area contributed by atoms with Crippen LogP contribution in [0.15, 0.2) is 36.4 Å². The van der Waals surface area contributed by atoms with Crippen LogP contribution in [-0.2, 0) is 9.53 Å². The summed E-state index contributed by atoms with van der Waals surface area (Å²) in [5.41, 5.74) is 1.26. The van der Waals surface area contributed by atoms with Gasteiger partial charge in [-0.05, 0) is 31.2 Å². The first-order valence-electron chi connectivity index (χ1n) is 8.63. The molecular weight excluding hydrogens is 364 g/mol. The number of benzene rings is 2. The van der Waals surface area contributed by atoms with Crippen LogP contribution < -0.4 is 24.8 Å². The van der Waals surface area contributed by atoms with Gasteiger partial charge in [-0.3, -0.25) is 4.79 Å². The lowest BCUT2D eigenvalue weighted by molar-refractivity contribution is -0.114. The van der Waals surface area contributed by atoms with Gasteiger partial charge < -0.3 is 29.6 Å². The predicted octanol–water partition coefficient (Wildman–Crippen LogP) is 2.94. The van der Waals surface area contributed by atoms with Crippen molar-refractivity contribution < 1.29 is 28.5 Å². The number of carbonyl (C=O) groups is 2. The Kier molecular flexibility index (Phi) is 7.50. The molecule has 0 aromatic heterocycles. The minimum Gasteiger partial charge on any atom is -0.494 e. The van der Waals surface area contributed by atoms with E-state index >= 15 is 0 Å². The number of anilines is 2. The van der Waals surface area contributed by atoms with Crippen molar-refractivity contribution >= 4 is 23.3 Å². The summed E-state index contributed by atoms with van der Waals surface area (Å²) in [6, 6.07) is 10.1. The summed E-state index contributed by atoms with van der Waals surface area (Å²) in [7, 11) is 4.23. The van der Waals surface area contributed by atoms with Gasteiger partial charge in [0.2, 0.25) is 5.91 Å². The normalized spacial score (nSPS) is 10.0. The molecule has 0 unspecified atom stereocenters. The molecule has 2 N–H and O–H groups in total. The predicted molar refractivity (Wildman–Crippen MR) is 106 cm³/mol. The van der Waals surface area contributed by atoms with E-state index in [-0.39, 0.29) is 18.0 Å². The molecule has 1 amide bonds. The van der Waals surface area contributed by atoms with Crippen molar-refractivity contribution in [2.24, 2.45) is 0 Å². The fourth-order valence-corrected chi connectivity index (χ4v) is 2.49. The van der Waals surface area contributed by atoms with Crippen molar-refractivity contribution in [2.45, 2.75) is 6.92 Å². The van der Waals surface area contributed by atoms with Crippen LogP contribution in [0, 0.1) is 0 Å². The van der Waals surface area contributed by atoms with E-state index in [1.54, 1.807) is 30.3 Å². The van der Waals surface area contributed by atoms with Crippen LogP contribution in [0.1, 0.15) is 17.3 Å². The maximum absolute atomic E-state index is 12.2. The van der Waals surface area contributed by atoms with E-state index in [0.717, 1.165) is 5.75 Å². The zero-order valence-electron chi connectivity index (χ0n) is 16.3. The molecule has 2 aromatic carbocycles. The molecule has 0 saturated carbocycles. The molecule has 8 heteroatoms. The number of esters is 1. The molecule has 28 heavy (non-hydrogen) atoms. The lowest BCUT2D eigenvalue weighted by Gasteiger charge is -2.15. The topological polar surface area (TPSA) is 95.1 Å². The SMILES string of the molecule is CCOc1ccc(NC(=O)CNc2cc(OC)c(OC)cc2C(=O)OC)cc1. The number of ether oxygens (including phenoxy) is 4. The second-order valence-corrected chi connectivity index (χ2v) is 5.60. The monoisotopic (exact) mass is 388 g/mol. The van der Waals surface area contributed by atoms with Crippen molar-refractivity contribution in [2.75, 3.05) is 45.1 Å². The van der Waals surface area contributed by atoms with Crippen LogP contribution in [-0.4, -0.2) is 46.4 Å². The smallest absolute Gasteiger partial charge is 0.340 e. The minimum absolute atomic E-state index is 0.0628. The van der Waals surface area contributed by atoms with Gasteiger partial charge in [0, 0.05) is 17.8 Å². The van der Waals surface area contributed by atoms with E-state index in [4.69, 9.17) is 18.9 Å². The van der Waals surface area contributed by atoms with Gasteiger partial charge >= 0.3 is 5.97 Å². The van der Waals surface area contributed by atoms with E-state index in [0.29, 0.717) is 29.5 Å². The number of amides is 1. The Morgan fingerprint density at radius 1 is 0.964 bits per heavy atom. The Labute approximate surface area is 163 Å². The molecule has 0 radical (unpaired) electrons. The molecule has 0 spiro atoms. The van der Waals surface area contributed by atoms with Gasteiger partial charge in [-0.15, -0.1) is 0 Å². The summed E-state index contributed by atoms with van der Waals surface area (Å²) in [6.07, 6.45) is 0. The zero-order valence-corrected chi connectivity index (χ0v) is 16.3. The van der Waals surface area contributed by atoms with Crippen molar-refractivity contribution in [3.63, 3.8) is 0 Å². The third-order valence-corrected chi connectivity index (χ3v) is 3.82. The summed E-state index contributed by atoms with van der Waals surface area (Å²) in [5.74, 6) is 0.689. The Bertz CT molecular complexity index is 820. The molecule has 0 saturated heterocycles. The van der Waals surface area contributed by atoms with Gasteiger partial charge in [0.25, 0.3) is 0 Å². The van der Waals surface area contributed by atoms with Crippen LogP contribution in [0.4, 0.5) is 11.4 Å². The first-order valence-corrected chi connectivity index (χ1v) is 8.63. The van der Waals surface area contributed by atoms with Crippen molar-refractivity contribution in [1.29, 1.82) is 0 Å². The maximum Gasteiger partial charge on any atom is 0.340 e. The molecule has 0 aliphatic rings. The molecule has 150 valence electrons. The zero-order chi connectivity index (χ0) is 20.5. The molecule has 0 aliphatic carbocycles. The third-order valence-electron chi connectivity index (χ3n) is 3.82. The van der Waals surface area contributed by atoms with Crippen LogP contribution in [0.5, 0.6) is 17.2 Å². The van der Waals surface area contributed by atoms with Crippen molar-refractivity contribution in [3.8, 4) is 17.2 Å². The minimum atomic E-state index is -0.560. The van der Waals surface area contributed by atoms with Gasteiger partial charge in [0.15, 0.2) is 11.5 Å². The number of nitrogens with one attached hydrogen (secondary N) is 2. The van der Waals surface area contributed by atoms with Crippen molar-refractivity contribution in [3.05, 3.63) is 42.0 Å². The van der Waals surface area contributed by atoms with Gasteiger partial charge in [-0.2, -0.15) is 0 Å². The summed E-state index contributed by atoms with van der Waals surface area (Å²) in [4.78, 5) is 24.3. The van der Waals surface area contributed by atoms with Crippen LogP contribution in [0.2, 0.25) is 0 Å². The summed E-state index contributed by atoms with van der Waals surface area (Å²) in [5, 5.41) is 5.70. The highest BCUT2D eigenvalue weighted by atomic mass is 16.5. The average Bonchev–Trinajstić information content (AvgIpc) is 2.72. The van der Waals surface area contributed by atoms with Gasteiger partial charge in [0.1, 0.15) is 5.75 Å². The van der Waals surface area contributed by atoms with Gasteiger partial charge in [-0.1, -0.05) is 0 Å². The summed E-state index contributed by atoms with van der Waals surface area (Å²) >= 11 is 0. The highest BCUT2D eigenvalue weighted by Crippen LogP contribution is 2.33. The Hall–Kier alpha value is -3.42. The quantitative estimate of drug-likeness (QED) is 0.638. The molecule has 0 heterocycles. The highest BCUT2D eigenvalue weighted by Gasteiger charge is 2.18. The second kappa shape index (κ2) is 10.1. The maximum atomic E-state index is 12.2. The van der Waals surface area contributed by atoms with Crippen molar-refractivity contribution in [1.82, 2.24) is 0 Å². The van der Waals surface area contributed by atoms with E-state index in [1.807, 2.05) is 6.92 Å². The Balaban J connectivity index is 2.09. The van der Waals surface area contributed by atoms with Crippen LogP contribution in [0.25, 0.3) is 0 Å². The molecule has 0 fully saturated rings. The first kappa shape index (κ1) is 20.9. The van der Waals surface area contributed by atoms with Gasteiger partial charge in [0.05, 0.1) is 45.7 Å². The number of hydrogen-bond donors (Lipinski definition) is 2. The fraction of sp³-hybridized carbons (Fsp3) is 0.300. The summed E-state index contributed by atoms with van der Waals surface area (Å²) in [6.45, 7) is 2.41. The van der Waals surface area contributed by atoms with Crippen LogP contribution >= 0.6 is 0 Å². The second-order valence-electron chi connectivity index (χ2n) is 5.60. The fourth-order valence-electron chi connectivity index (χ4n) is 2.49. The molecule has 0 atom stereocenters. The molecule has 0 bridgehead atoms. The number of rotatable bonds is 9. The Morgan fingerprint density at radius 2 is 1.61 bits per heavy atom. The lowest BCUT2D eigenvalue weighted by atomic mass is 10.1. The van der Waals surface area contributed by atoms with E-state index in [9.17, 15) is 9.59 Å². The molecular formula is C20H24N2O6. The first-order chi connectivity index (χ1) is 13.5. The average molecular weight is 388 g/mol. The summed E-state index contributed by atoms with van der Waals surface area (Å²) < 4.78 is 20.6. The Morgan fingerprint density at radius 3 is 2.18 bits per heavy atom. The number of methoxy groups -OCH3 is 3.